The third-order valence-electron chi connectivity index (χ3n) is 5.09. The average molecular weight is 495 g/mol. The molecule has 0 atom stereocenters. The van der Waals surface area contributed by atoms with Crippen LogP contribution in [-0.2, 0) is 10.0 Å². The van der Waals surface area contributed by atoms with Crippen molar-refractivity contribution < 1.29 is 17.6 Å². The minimum Gasteiger partial charge on any atom is -0.461 e. The number of benzene rings is 2. The fourth-order valence-electron chi connectivity index (χ4n) is 3.33. The van der Waals surface area contributed by atoms with E-state index in [4.69, 9.17) is 4.42 Å². The van der Waals surface area contributed by atoms with Crippen molar-refractivity contribution in [2.24, 2.45) is 0 Å². The molecule has 2 aromatic heterocycles. The number of sulfonamides is 1. The van der Waals surface area contributed by atoms with Crippen LogP contribution in [0.2, 0.25) is 0 Å². The van der Waals surface area contributed by atoms with Crippen molar-refractivity contribution in [3.05, 3.63) is 84.3 Å². The lowest BCUT2D eigenvalue weighted by Crippen LogP contribution is -2.26. The van der Waals surface area contributed by atoms with Gasteiger partial charge in [-0.3, -0.25) is 9.10 Å². The smallest absolute Gasteiger partial charge is 0.264 e. The molecule has 174 valence electrons. The quantitative estimate of drug-likeness (QED) is 0.289. The summed E-state index contributed by atoms with van der Waals surface area (Å²) in [4.78, 5) is 22.1. The number of anilines is 2. The number of nitrogens with one attached hydrogen (secondary N) is 1. The minimum atomic E-state index is -3.82. The molecule has 0 unspecified atom stereocenters. The maximum absolute atomic E-state index is 13.1. The number of aromatic nitrogens is 2. The van der Waals surface area contributed by atoms with Crippen LogP contribution in [0.5, 0.6) is 0 Å². The maximum atomic E-state index is 13.1. The molecule has 0 saturated heterocycles. The number of carbonyl (C=O) groups excluding carboxylic acids is 1. The van der Waals surface area contributed by atoms with E-state index in [0.29, 0.717) is 39.2 Å². The Morgan fingerprint density at radius 3 is 2.47 bits per heavy atom. The number of rotatable bonds is 7. The van der Waals surface area contributed by atoms with Gasteiger partial charge in [0.25, 0.3) is 15.9 Å². The van der Waals surface area contributed by atoms with Gasteiger partial charge >= 0.3 is 0 Å². The molecule has 0 bridgehead atoms. The van der Waals surface area contributed by atoms with E-state index in [1.165, 1.54) is 41.5 Å². The second-order valence-corrected chi connectivity index (χ2v) is 10.0. The molecule has 1 amide bonds. The highest BCUT2D eigenvalue weighted by Gasteiger charge is 2.23. The van der Waals surface area contributed by atoms with Crippen LogP contribution in [0.25, 0.3) is 11.6 Å². The van der Waals surface area contributed by atoms with Crippen LogP contribution in [0, 0.1) is 6.92 Å². The van der Waals surface area contributed by atoms with Gasteiger partial charge in [-0.15, -0.1) is 11.8 Å². The normalized spacial score (nSPS) is 11.3. The summed E-state index contributed by atoms with van der Waals surface area (Å²) in [5.41, 5.74) is 1.67. The van der Waals surface area contributed by atoms with Gasteiger partial charge in [0.1, 0.15) is 5.03 Å². The van der Waals surface area contributed by atoms with Crippen LogP contribution in [0.1, 0.15) is 16.1 Å². The molecule has 0 saturated carbocycles. The molecule has 10 heteroatoms. The van der Waals surface area contributed by atoms with E-state index in [9.17, 15) is 13.2 Å². The van der Waals surface area contributed by atoms with E-state index in [0.717, 1.165) is 0 Å². The number of thioether (sulfide) groups is 1. The van der Waals surface area contributed by atoms with E-state index in [2.05, 4.69) is 15.3 Å². The standard InChI is InChI=1S/C24H22N4O4S2/c1-16-21(24(33-3)27-22(25-16)20-13-8-14-32-20)23(29)26-17-9-7-12-19(15-17)34(30,31)28(2)18-10-5-4-6-11-18/h4-15H,1-3H3,(H,26,29). The number of aryl methyl sites for hydroxylation is 1. The number of carbonyl (C=O) groups is 1. The van der Waals surface area contributed by atoms with Crippen LogP contribution >= 0.6 is 11.8 Å². The van der Waals surface area contributed by atoms with Crippen LogP contribution in [0.3, 0.4) is 0 Å². The fourth-order valence-corrected chi connectivity index (χ4v) is 5.20. The zero-order chi connectivity index (χ0) is 24.3. The van der Waals surface area contributed by atoms with Crippen molar-refractivity contribution >= 4 is 39.1 Å². The van der Waals surface area contributed by atoms with Gasteiger partial charge < -0.3 is 9.73 Å². The van der Waals surface area contributed by atoms with Crippen LogP contribution in [0.4, 0.5) is 11.4 Å². The molecule has 0 spiro atoms. The molecule has 8 nitrogen and oxygen atoms in total. The zero-order valence-electron chi connectivity index (χ0n) is 18.7. The van der Waals surface area contributed by atoms with Gasteiger partial charge in [-0.2, -0.15) is 0 Å². The maximum Gasteiger partial charge on any atom is 0.264 e. The molecule has 0 fully saturated rings. The van der Waals surface area contributed by atoms with Crippen molar-refractivity contribution in [2.75, 3.05) is 22.9 Å². The predicted octanol–water partition coefficient (Wildman–Crippen LogP) is 4.84. The van der Waals surface area contributed by atoms with Gasteiger partial charge in [-0.05, 0) is 55.6 Å². The summed E-state index contributed by atoms with van der Waals surface area (Å²) in [5, 5.41) is 3.27. The summed E-state index contributed by atoms with van der Waals surface area (Å²) in [6.45, 7) is 1.72. The molecule has 34 heavy (non-hydrogen) atoms. The van der Waals surface area contributed by atoms with E-state index < -0.39 is 15.9 Å². The Morgan fingerprint density at radius 1 is 1.03 bits per heavy atom. The molecule has 4 aromatic rings. The first-order chi connectivity index (χ1) is 16.3. The molecular formula is C24H22N4O4S2. The van der Waals surface area contributed by atoms with Crippen molar-refractivity contribution in [1.29, 1.82) is 0 Å². The van der Waals surface area contributed by atoms with Crippen LogP contribution < -0.4 is 9.62 Å². The molecule has 0 radical (unpaired) electrons. The SMILES string of the molecule is CSc1nc(-c2ccco2)nc(C)c1C(=O)Nc1cccc(S(=O)(=O)N(C)c2ccccc2)c1. The van der Waals surface area contributed by atoms with Gasteiger partial charge in [0.05, 0.1) is 28.1 Å². The first-order valence-corrected chi connectivity index (χ1v) is 12.9. The summed E-state index contributed by atoms with van der Waals surface area (Å²) < 4.78 is 32.8. The first kappa shape index (κ1) is 23.5. The minimum absolute atomic E-state index is 0.0582. The fraction of sp³-hybridized carbons (Fsp3) is 0.125. The van der Waals surface area contributed by atoms with Gasteiger partial charge in [0.15, 0.2) is 11.6 Å². The Balaban J connectivity index is 1.62. The Kier molecular flexibility index (Phi) is 6.71. The third-order valence-corrected chi connectivity index (χ3v) is 7.55. The van der Waals surface area contributed by atoms with Crippen molar-refractivity contribution in [2.45, 2.75) is 16.8 Å². The third kappa shape index (κ3) is 4.68. The monoisotopic (exact) mass is 494 g/mol. The van der Waals surface area contributed by atoms with Crippen LogP contribution in [0.15, 0.2) is 87.3 Å². The number of nitrogens with zero attached hydrogens (tertiary/aromatic N) is 3. The molecular weight excluding hydrogens is 472 g/mol. The largest absolute Gasteiger partial charge is 0.461 e. The Bertz CT molecular complexity index is 1420. The van der Waals surface area contributed by atoms with Crippen molar-refractivity contribution in [3.8, 4) is 11.6 Å². The average Bonchev–Trinajstić information content (AvgIpc) is 3.38. The predicted molar refractivity (Wildman–Crippen MR) is 133 cm³/mol. The Morgan fingerprint density at radius 2 is 1.79 bits per heavy atom. The lowest BCUT2D eigenvalue weighted by Gasteiger charge is -2.20. The lowest BCUT2D eigenvalue weighted by molar-refractivity contribution is 0.102. The molecule has 2 aromatic carbocycles. The summed E-state index contributed by atoms with van der Waals surface area (Å²) in [7, 11) is -2.34. The summed E-state index contributed by atoms with van der Waals surface area (Å²) in [6.07, 6.45) is 3.35. The highest BCUT2D eigenvalue weighted by Crippen LogP contribution is 2.27. The number of hydrogen-bond donors (Lipinski definition) is 1. The first-order valence-electron chi connectivity index (χ1n) is 10.2. The highest BCUT2D eigenvalue weighted by molar-refractivity contribution is 7.98. The van der Waals surface area contributed by atoms with Crippen molar-refractivity contribution in [3.63, 3.8) is 0 Å². The summed E-state index contributed by atoms with van der Waals surface area (Å²) in [6, 6.07) is 18.4. The van der Waals surface area contributed by atoms with Gasteiger partial charge in [0.2, 0.25) is 0 Å². The number of amides is 1. The lowest BCUT2D eigenvalue weighted by atomic mass is 10.2. The number of hydrogen-bond acceptors (Lipinski definition) is 7. The van der Waals surface area contributed by atoms with E-state index in [-0.39, 0.29) is 4.90 Å². The Labute approximate surface area is 202 Å². The van der Waals surface area contributed by atoms with Gasteiger partial charge in [-0.1, -0.05) is 24.3 Å². The highest BCUT2D eigenvalue weighted by atomic mass is 32.2. The molecule has 0 aliphatic heterocycles. The molecule has 1 N–H and O–H groups in total. The zero-order valence-corrected chi connectivity index (χ0v) is 20.4. The van der Waals surface area contributed by atoms with E-state index in [1.807, 2.05) is 12.3 Å². The number of furan rings is 1. The summed E-state index contributed by atoms with van der Waals surface area (Å²) >= 11 is 1.31. The molecule has 2 heterocycles. The van der Waals surface area contributed by atoms with Gasteiger partial charge in [-0.25, -0.2) is 18.4 Å². The van der Waals surface area contributed by atoms with Crippen LogP contribution in [-0.4, -0.2) is 37.6 Å². The second kappa shape index (κ2) is 9.70. The molecule has 0 aliphatic rings. The van der Waals surface area contributed by atoms with E-state index in [1.54, 1.807) is 55.5 Å². The Hall–Kier alpha value is -3.63. The number of para-hydroxylation sites is 1. The second-order valence-electron chi connectivity index (χ2n) is 7.28. The molecule has 4 rings (SSSR count). The van der Waals surface area contributed by atoms with Crippen molar-refractivity contribution in [1.82, 2.24) is 9.97 Å². The molecule has 0 aliphatic carbocycles. The topological polar surface area (TPSA) is 105 Å². The van der Waals surface area contributed by atoms with Gasteiger partial charge in [0, 0.05) is 12.7 Å². The van der Waals surface area contributed by atoms with E-state index >= 15 is 0 Å². The summed E-state index contributed by atoms with van der Waals surface area (Å²) in [5.74, 6) is 0.463.